The summed E-state index contributed by atoms with van der Waals surface area (Å²) in [5.74, 6) is 0.717. The topological polar surface area (TPSA) is 45.2 Å². The van der Waals surface area contributed by atoms with Crippen molar-refractivity contribution >= 4 is 22.9 Å². The van der Waals surface area contributed by atoms with Crippen LogP contribution in [-0.4, -0.2) is 34.9 Å². The summed E-state index contributed by atoms with van der Waals surface area (Å²) in [6, 6.07) is 8.16. The van der Waals surface area contributed by atoms with Gasteiger partial charge >= 0.3 is 0 Å². The summed E-state index contributed by atoms with van der Waals surface area (Å²) in [7, 11) is 0. The summed E-state index contributed by atoms with van der Waals surface area (Å²) < 4.78 is 0. The van der Waals surface area contributed by atoms with E-state index >= 15 is 0 Å². The summed E-state index contributed by atoms with van der Waals surface area (Å²) in [4.78, 5) is 19.7. The third-order valence-electron chi connectivity index (χ3n) is 5.22. The van der Waals surface area contributed by atoms with Crippen LogP contribution in [0.2, 0.25) is 0 Å². The van der Waals surface area contributed by atoms with Crippen molar-refractivity contribution in [2.45, 2.75) is 44.6 Å². The molecule has 0 aliphatic carbocycles. The number of thiazole rings is 1. The van der Waals surface area contributed by atoms with Crippen molar-refractivity contribution in [3.8, 4) is 0 Å². The molecule has 1 fully saturated rings. The number of rotatable bonds is 2. The maximum absolute atomic E-state index is 12.7. The lowest BCUT2D eigenvalue weighted by molar-refractivity contribution is -0.121. The third-order valence-corrected chi connectivity index (χ3v) is 6.35. The SMILES string of the molecule is Cc1csc(C2CCN(C3CCc4ccccc4NC3=O)CC2)n1. The van der Waals surface area contributed by atoms with Gasteiger partial charge in [-0.05, 0) is 57.3 Å². The fourth-order valence-corrected chi connectivity index (χ4v) is 4.83. The molecule has 2 aliphatic heterocycles. The van der Waals surface area contributed by atoms with E-state index in [4.69, 9.17) is 0 Å². The van der Waals surface area contributed by atoms with Crippen molar-refractivity contribution in [3.63, 3.8) is 0 Å². The Balaban J connectivity index is 1.41. The number of fused-ring (bicyclic) bond motifs is 1. The summed E-state index contributed by atoms with van der Waals surface area (Å²) in [6.45, 7) is 4.03. The van der Waals surface area contributed by atoms with E-state index in [9.17, 15) is 4.79 Å². The molecule has 1 N–H and O–H groups in total. The van der Waals surface area contributed by atoms with Crippen molar-refractivity contribution in [1.29, 1.82) is 0 Å². The van der Waals surface area contributed by atoms with Gasteiger partial charge in [0.2, 0.25) is 5.91 Å². The lowest BCUT2D eigenvalue weighted by Crippen LogP contribution is -2.47. The van der Waals surface area contributed by atoms with Crippen LogP contribution < -0.4 is 5.32 Å². The monoisotopic (exact) mass is 341 g/mol. The van der Waals surface area contributed by atoms with Gasteiger partial charge in [0.05, 0.1) is 11.0 Å². The van der Waals surface area contributed by atoms with Crippen molar-refractivity contribution in [1.82, 2.24) is 9.88 Å². The first-order valence-corrected chi connectivity index (χ1v) is 9.63. The number of likely N-dealkylation sites (tertiary alicyclic amines) is 1. The summed E-state index contributed by atoms with van der Waals surface area (Å²) in [5.41, 5.74) is 3.36. The molecule has 24 heavy (non-hydrogen) atoms. The molecule has 4 nitrogen and oxygen atoms in total. The number of nitrogens with zero attached hydrogens (tertiary/aromatic N) is 2. The second kappa shape index (κ2) is 6.65. The van der Waals surface area contributed by atoms with Crippen LogP contribution in [0.5, 0.6) is 0 Å². The molecule has 5 heteroatoms. The Labute approximate surface area is 146 Å². The standard InChI is InChI=1S/C19H23N3OS/c1-13-12-24-19(20-13)15-8-10-22(11-9-15)17-7-6-14-4-2-3-5-16(14)21-18(17)23/h2-5,12,15,17H,6-11H2,1H3,(H,21,23). The highest BCUT2D eigenvalue weighted by molar-refractivity contribution is 7.09. The van der Waals surface area contributed by atoms with Gasteiger partial charge in [0, 0.05) is 22.7 Å². The van der Waals surface area contributed by atoms with Gasteiger partial charge in [0.1, 0.15) is 0 Å². The highest BCUT2D eigenvalue weighted by atomic mass is 32.1. The zero-order valence-corrected chi connectivity index (χ0v) is 14.8. The molecule has 1 amide bonds. The van der Waals surface area contributed by atoms with Crippen LogP contribution in [0.1, 0.15) is 41.4 Å². The smallest absolute Gasteiger partial charge is 0.241 e. The molecular weight excluding hydrogens is 318 g/mol. The molecular formula is C19H23N3OS. The van der Waals surface area contributed by atoms with Crippen LogP contribution in [-0.2, 0) is 11.2 Å². The van der Waals surface area contributed by atoms with E-state index in [0.29, 0.717) is 5.92 Å². The van der Waals surface area contributed by atoms with E-state index in [0.717, 1.165) is 50.2 Å². The van der Waals surface area contributed by atoms with Crippen LogP contribution in [0.25, 0.3) is 0 Å². The number of piperidine rings is 1. The number of aryl methyl sites for hydroxylation is 2. The molecule has 4 rings (SSSR count). The van der Waals surface area contributed by atoms with Gasteiger partial charge in [-0.1, -0.05) is 18.2 Å². The Morgan fingerprint density at radius 3 is 2.75 bits per heavy atom. The van der Waals surface area contributed by atoms with Gasteiger partial charge in [-0.15, -0.1) is 11.3 Å². The van der Waals surface area contributed by atoms with Gasteiger partial charge in [-0.2, -0.15) is 0 Å². The minimum Gasteiger partial charge on any atom is -0.324 e. The maximum Gasteiger partial charge on any atom is 0.241 e. The Kier molecular flexibility index (Phi) is 4.37. The molecule has 1 aromatic carbocycles. The Morgan fingerprint density at radius 1 is 1.21 bits per heavy atom. The molecule has 0 bridgehead atoms. The summed E-state index contributed by atoms with van der Waals surface area (Å²) in [5, 5.41) is 6.53. The van der Waals surface area contributed by atoms with Crippen LogP contribution in [0.15, 0.2) is 29.6 Å². The van der Waals surface area contributed by atoms with E-state index in [1.54, 1.807) is 11.3 Å². The number of amides is 1. The second-order valence-corrected chi connectivity index (χ2v) is 7.73. The van der Waals surface area contributed by atoms with E-state index in [1.807, 2.05) is 18.2 Å². The molecule has 0 radical (unpaired) electrons. The molecule has 2 aliphatic rings. The molecule has 1 atom stereocenters. The van der Waals surface area contributed by atoms with Gasteiger partial charge in [0.15, 0.2) is 0 Å². The third kappa shape index (κ3) is 3.10. The number of carbonyl (C=O) groups excluding carboxylic acids is 1. The Morgan fingerprint density at radius 2 is 2.00 bits per heavy atom. The number of nitrogens with one attached hydrogen (secondary N) is 1. The minimum absolute atomic E-state index is 0.00335. The highest BCUT2D eigenvalue weighted by Crippen LogP contribution is 2.32. The number of hydrogen-bond donors (Lipinski definition) is 1. The van der Waals surface area contributed by atoms with Crippen LogP contribution in [0.4, 0.5) is 5.69 Å². The number of benzene rings is 1. The molecule has 3 heterocycles. The Bertz CT molecular complexity index is 734. The van der Waals surface area contributed by atoms with Crippen LogP contribution in [0, 0.1) is 6.92 Å². The summed E-state index contributed by atoms with van der Waals surface area (Å²) >= 11 is 1.78. The van der Waals surface area contributed by atoms with Gasteiger partial charge in [0.25, 0.3) is 0 Å². The number of aromatic nitrogens is 1. The summed E-state index contributed by atoms with van der Waals surface area (Å²) in [6.07, 6.45) is 4.07. The maximum atomic E-state index is 12.7. The zero-order valence-electron chi connectivity index (χ0n) is 14.0. The predicted molar refractivity (Wildman–Crippen MR) is 97.6 cm³/mol. The lowest BCUT2D eigenvalue weighted by atomic mass is 9.95. The van der Waals surface area contributed by atoms with E-state index < -0.39 is 0 Å². The fraction of sp³-hybridized carbons (Fsp3) is 0.474. The molecule has 1 saturated heterocycles. The van der Waals surface area contributed by atoms with Crippen LogP contribution >= 0.6 is 11.3 Å². The normalized spacial score (nSPS) is 22.7. The first-order valence-electron chi connectivity index (χ1n) is 8.75. The second-order valence-electron chi connectivity index (χ2n) is 6.84. The van der Waals surface area contributed by atoms with Crippen molar-refractivity contribution in [2.24, 2.45) is 0 Å². The predicted octanol–water partition coefficient (Wildman–Crippen LogP) is 3.58. The lowest BCUT2D eigenvalue weighted by Gasteiger charge is -2.35. The average Bonchev–Trinajstić information content (AvgIpc) is 2.95. The van der Waals surface area contributed by atoms with Crippen molar-refractivity contribution in [2.75, 3.05) is 18.4 Å². The molecule has 126 valence electrons. The first-order chi connectivity index (χ1) is 11.7. The Hall–Kier alpha value is -1.72. The van der Waals surface area contributed by atoms with Crippen molar-refractivity contribution in [3.05, 3.63) is 45.9 Å². The highest BCUT2D eigenvalue weighted by Gasteiger charge is 2.32. The number of anilines is 1. The van der Waals surface area contributed by atoms with E-state index in [2.05, 4.69) is 33.6 Å². The molecule has 1 unspecified atom stereocenters. The fourth-order valence-electron chi connectivity index (χ4n) is 3.87. The molecule has 0 spiro atoms. The molecule has 1 aromatic heterocycles. The van der Waals surface area contributed by atoms with Gasteiger partial charge in [-0.25, -0.2) is 4.98 Å². The number of para-hydroxylation sites is 1. The molecule has 0 saturated carbocycles. The zero-order chi connectivity index (χ0) is 16.5. The van der Waals surface area contributed by atoms with Crippen LogP contribution in [0.3, 0.4) is 0 Å². The van der Waals surface area contributed by atoms with E-state index in [-0.39, 0.29) is 11.9 Å². The minimum atomic E-state index is -0.00335. The average molecular weight is 341 g/mol. The first kappa shape index (κ1) is 15.8. The van der Waals surface area contributed by atoms with E-state index in [1.165, 1.54) is 10.6 Å². The number of hydrogen-bond acceptors (Lipinski definition) is 4. The quantitative estimate of drug-likeness (QED) is 0.908. The van der Waals surface area contributed by atoms with Gasteiger partial charge < -0.3 is 5.32 Å². The van der Waals surface area contributed by atoms with Gasteiger partial charge in [-0.3, -0.25) is 9.69 Å². The largest absolute Gasteiger partial charge is 0.324 e. The van der Waals surface area contributed by atoms with Crippen molar-refractivity contribution < 1.29 is 4.79 Å². The molecule has 2 aromatic rings. The number of carbonyl (C=O) groups is 1.